The Kier molecular flexibility index (Phi) is 3.71. The number of nitro groups is 1. The molecule has 88 valence electrons. The zero-order chi connectivity index (χ0) is 12.3. The number of hydrogen-bond acceptors (Lipinski definition) is 4. The number of halogens is 1. The maximum atomic E-state index is 10.9. The van der Waals surface area contributed by atoms with Gasteiger partial charge in [0.1, 0.15) is 10.8 Å². The minimum Gasteiger partial charge on any atom is -0.468 e. The molecule has 0 spiro atoms. The molecule has 0 amide bonds. The third-order valence-corrected chi connectivity index (χ3v) is 3.46. The molecule has 1 aromatic heterocycles. The number of para-hydroxylation sites is 1. The molecule has 1 heterocycles. The summed E-state index contributed by atoms with van der Waals surface area (Å²) in [5, 5.41) is 11.0. The molecule has 0 aliphatic carbocycles. The Labute approximate surface area is 107 Å². The summed E-state index contributed by atoms with van der Waals surface area (Å²) < 4.78 is 5.16. The maximum Gasteiger partial charge on any atom is 0.301 e. The molecule has 0 aliphatic rings. The van der Waals surface area contributed by atoms with E-state index in [2.05, 4.69) is 0 Å². The summed E-state index contributed by atoms with van der Waals surface area (Å²) in [6.45, 7) is 0. The van der Waals surface area contributed by atoms with Crippen LogP contribution in [-0.4, -0.2) is 4.92 Å². The first kappa shape index (κ1) is 12.0. The van der Waals surface area contributed by atoms with Crippen molar-refractivity contribution in [2.24, 2.45) is 0 Å². The summed E-state index contributed by atoms with van der Waals surface area (Å²) in [7, 11) is 0. The second-order valence-electron chi connectivity index (χ2n) is 3.21. The predicted molar refractivity (Wildman–Crippen MR) is 66.4 cm³/mol. The van der Waals surface area contributed by atoms with Crippen LogP contribution in [0.1, 0.15) is 5.76 Å². The van der Waals surface area contributed by atoms with Crippen LogP contribution in [0.2, 0.25) is 5.02 Å². The van der Waals surface area contributed by atoms with Gasteiger partial charge in [-0.3, -0.25) is 10.1 Å². The fourth-order valence-electron chi connectivity index (χ4n) is 1.33. The molecule has 0 N–H and O–H groups in total. The molecule has 1 aromatic carbocycles. The SMILES string of the molecule is O=[N+]([O-])c1c(Cl)cccc1SCc1ccco1. The number of nitrogens with zero attached hydrogens (tertiary/aromatic N) is 1. The van der Waals surface area contributed by atoms with E-state index >= 15 is 0 Å². The third-order valence-electron chi connectivity index (χ3n) is 2.08. The van der Waals surface area contributed by atoms with E-state index in [4.69, 9.17) is 16.0 Å². The van der Waals surface area contributed by atoms with Gasteiger partial charge < -0.3 is 4.42 Å². The van der Waals surface area contributed by atoms with Crippen LogP contribution >= 0.6 is 23.4 Å². The summed E-state index contributed by atoms with van der Waals surface area (Å²) >= 11 is 7.13. The highest BCUT2D eigenvalue weighted by Gasteiger charge is 2.18. The highest BCUT2D eigenvalue weighted by Crippen LogP contribution is 2.36. The summed E-state index contributed by atoms with van der Waals surface area (Å²) in [6.07, 6.45) is 1.57. The van der Waals surface area contributed by atoms with Crippen molar-refractivity contribution in [2.45, 2.75) is 10.6 Å². The topological polar surface area (TPSA) is 56.3 Å². The fraction of sp³-hybridized carbons (Fsp3) is 0.0909. The lowest BCUT2D eigenvalue weighted by atomic mass is 10.3. The molecule has 0 unspecified atom stereocenters. The summed E-state index contributed by atoms with van der Waals surface area (Å²) in [6, 6.07) is 8.49. The van der Waals surface area contributed by atoms with Crippen LogP contribution in [0.4, 0.5) is 5.69 Å². The van der Waals surface area contributed by atoms with Gasteiger partial charge in [-0.25, -0.2) is 0 Å². The van der Waals surface area contributed by atoms with E-state index in [1.807, 2.05) is 6.07 Å². The summed E-state index contributed by atoms with van der Waals surface area (Å²) in [5.74, 6) is 1.30. The molecule has 0 atom stereocenters. The number of nitro benzene ring substituents is 1. The molecule has 4 nitrogen and oxygen atoms in total. The largest absolute Gasteiger partial charge is 0.468 e. The first-order valence-electron chi connectivity index (χ1n) is 4.76. The van der Waals surface area contributed by atoms with Crippen molar-refractivity contribution in [3.05, 3.63) is 57.5 Å². The Balaban J connectivity index is 2.21. The van der Waals surface area contributed by atoms with Gasteiger partial charge in [0.05, 0.1) is 21.8 Å². The van der Waals surface area contributed by atoms with Crippen molar-refractivity contribution in [1.29, 1.82) is 0 Å². The third kappa shape index (κ3) is 2.81. The van der Waals surface area contributed by atoms with E-state index in [1.54, 1.807) is 24.5 Å². The Morgan fingerprint density at radius 2 is 2.18 bits per heavy atom. The molecule has 2 aromatic rings. The van der Waals surface area contributed by atoms with Gasteiger partial charge in [0.2, 0.25) is 0 Å². The van der Waals surface area contributed by atoms with Crippen molar-refractivity contribution >= 4 is 29.1 Å². The van der Waals surface area contributed by atoms with Crippen LogP contribution in [0, 0.1) is 10.1 Å². The van der Waals surface area contributed by atoms with Crippen molar-refractivity contribution in [2.75, 3.05) is 0 Å². The smallest absolute Gasteiger partial charge is 0.301 e. The number of hydrogen-bond donors (Lipinski definition) is 0. The molecule has 0 fully saturated rings. The molecule has 0 bridgehead atoms. The normalized spacial score (nSPS) is 10.4. The van der Waals surface area contributed by atoms with Gasteiger partial charge in [-0.1, -0.05) is 17.7 Å². The molecular weight excluding hydrogens is 262 g/mol. The average molecular weight is 270 g/mol. The number of furan rings is 1. The molecule has 17 heavy (non-hydrogen) atoms. The average Bonchev–Trinajstić information content (AvgIpc) is 2.78. The zero-order valence-corrected chi connectivity index (χ0v) is 10.2. The molecule has 0 saturated carbocycles. The Morgan fingerprint density at radius 3 is 2.82 bits per heavy atom. The lowest BCUT2D eigenvalue weighted by Crippen LogP contribution is -1.92. The van der Waals surface area contributed by atoms with E-state index in [1.165, 1.54) is 17.8 Å². The van der Waals surface area contributed by atoms with Gasteiger partial charge in [-0.15, -0.1) is 11.8 Å². The number of benzene rings is 1. The second-order valence-corrected chi connectivity index (χ2v) is 4.64. The quantitative estimate of drug-likeness (QED) is 0.476. The fourth-order valence-corrected chi connectivity index (χ4v) is 2.59. The van der Waals surface area contributed by atoms with Gasteiger partial charge in [0.15, 0.2) is 0 Å². The zero-order valence-electron chi connectivity index (χ0n) is 8.63. The van der Waals surface area contributed by atoms with Gasteiger partial charge in [0, 0.05) is 0 Å². The lowest BCUT2D eigenvalue weighted by molar-refractivity contribution is -0.387. The monoisotopic (exact) mass is 269 g/mol. The van der Waals surface area contributed by atoms with E-state index in [0.717, 1.165) is 5.76 Å². The highest BCUT2D eigenvalue weighted by molar-refractivity contribution is 7.98. The van der Waals surface area contributed by atoms with Gasteiger partial charge in [-0.05, 0) is 24.3 Å². The van der Waals surface area contributed by atoms with Crippen LogP contribution in [0.25, 0.3) is 0 Å². The first-order chi connectivity index (χ1) is 8.18. The highest BCUT2D eigenvalue weighted by atomic mass is 35.5. The van der Waals surface area contributed by atoms with Crippen molar-refractivity contribution < 1.29 is 9.34 Å². The van der Waals surface area contributed by atoms with E-state index in [-0.39, 0.29) is 10.7 Å². The molecule has 0 radical (unpaired) electrons. The number of thioether (sulfide) groups is 1. The summed E-state index contributed by atoms with van der Waals surface area (Å²) in [4.78, 5) is 11.0. The predicted octanol–water partition coefficient (Wildman–Crippen LogP) is 4.13. The van der Waals surface area contributed by atoms with Crippen molar-refractivity contribution in [1.82, 2.24) is 0 Å². The maximum absolute atomic E-state index is 10.9. The van der Waals surface area contributed by atoms with Crippen LogP contribution < -0.4 is 0 Å². The lowest BCUT2D eigenvalue weighted by Gasteiger charge is -2.02. The Bertz CT molecular complexity index is 528. The van der Waals surface area contributed by atoms with E-state index < -0.39 is 4.92 Å². The van der Waals surface area contributed by atoms with E-state index in [0.29, 0.717) is 10.6 Å². The second kappa shape index (κ2) is 5.25. The van der Waals surface area contributed by atoms with Gasteiger partial charge in [-0.2, -0.15) is 0 Å². The van der Waals surface area contributed by atoms with Crippen molar-refractivity contribution in [3.63, 3.8) is 0 Å². The molecule has 2 rings (SSSR count). The minimum atomic E-state index is -0.465. The van der Waals surface area contributed by atoms with Crippen LogP contribution in [0.3, 0.4) is 0 Å². The summed E-state index contributed by atoms with van der Waals surface area (Å²) in [5.41, 5.74) is -0.0503. The molecule has 6 heteroatoms. The minimum absolute atomic E-state index is 0.0503. The first-order valence-corrected chi connectivity index (χ1v) is 6.13. The Hall–Kier alpha value is -1.46. The molecular formula is C11H8ClNO3S. The van der Waals surface area contributed by atoms with Crippen LogP contribution in [0.15, 0.2) is 45.9 Å². The molecule has 0 saturated heterocycles. The van der Waals surface area contributed by atoms with Gasteiger partial charge >= 0.3 is 5.69 Å². The van der Waals surface area contributed by atoms with E-state index in [9.17, 15) is 10.1 Å². The van der Waals surface area contributed by atoms with Crippen LogP contribution in [-0.2, 0) is 5.75 Å². The van der Waals surface area contributed by atoms with Gasteiger partial charge in [0.25, 0.3) is 0 Å². The molecule has 0 aliphatic heterocycles. The standard InChI is InChI=1S/C11H8ClNO3S/c12-9-4-1-5-10(11(9)13(14)15)17-7-8-3-2-6-16-8/h1-6H,7H2. The number of rotatable bonds is 4. The van der Waals surface area contributed by atoms with Crippen molar-refractivity contribution in [3.8, 4) is 0 Å². The van der Waals surface area contributed by atoms with Crippen LogP contribution in [0.5, 0.6) is 0 Å². The Morgan fingerprint density at radius 1 is 1.35 bits per heavy atom.